The molecule has 0 aromatic heterocycles. The summed E-state index contributed by atoms with van der Waals surface area (Å²) in [5, 5.41) is 13.3. The number of benzene rings is 1. The maximum absolute atomic E-state index is 13.1. The maximum Gasteiger partial charge on any atom is 0.337 e. The molecule has 5 nitrogen and oxygen atoms in total. The van der Waals surface area contributed by atoms with E-state index in [0.717, 1.165) is 12.1 Å². The SMILES string of the molecule is CC1=C(C(=O)OC(C)C)C(c2cccc(O)c2)C2=C(CC(C)(C)CC2=O)N1. The largest absolute Gasteiger partial charge is 0.508 e. The zero-order chi connectivity index (χ0) is 19.9. The van der Waals surface area contributed by atoms with Crippen LogP contribution in [0.3, 0.4) is 0 Å². The molecule has 5 heteroatoms. The van der Waals surface area contributed by atoms with Crippen LogP contribution in [0.1, 0.15) is 58.9 Å². The summed E-state index contributed by atoms with van der Waals surface area (Å²) < 4.78 is 5.46. The number of allylic oxidation sites excluding steroid dienone is 3. The molecule has 1 unspecified atom stereocenters. The predicted molar refractivity (Wildman–Crippen MR) is 103 cm³/mol. The highest BCUT2D eigenvalue weighted by Crippen LogP contribution is 2.47. The number of aromatic hydroxyl groups is 1. The van der Waals surface area contributed by atoms with E-state index in [2.05, 4.69) is 19.2 Å². The number of hydrogen-bond acceptors (Lipinski definition) is 5. The zero-order valence-electron chi connectivity index (χ0n) is 16.6. The van der Waals surface area contributed by atoms with Crippen molar-refractivity contribution >= 4 is 11.8 Å². The fourth-order valence-electron chi connectivity index (χ4n) is 4.02. The molecule has 2 N–H and O–H groups in total. The Morgan fingerprint density at radius 3 is 2.63 bits per heavy atom. The van der Waals surface area contributed by atoms with Crippen LogP contribution in [0.15, 0.2) is 46.8 Å². The molecule has 0 amide bonds. The molecule has 0 saturated heterocycles. The van der Waals surface area contributed by atoms with E-state index in [1.165, 1.54) is 0 Å². The van der Waals surface area contributed by atoms with Crippen LogP contribution in [-0.2, 0) is 14.3 Å². The third-order valence-corrected chi connectivity index (χ3v) is 5.01. The van der Waals surface area contributed by atoms with Gasteiger partial charge in [-0.15, -0.1) is 0 Å². The molecule has 1 heterocycles. The van der Waals surface area contributed by atoms with E-state index in [-0.39, 0.29) is 23.1 Å². The lowest BCUT2D eigenvalue weighted by Gasteiger charge is -2.39. The molecule has 27 heavy (non-hydrogen) atoms. The third kappa shape index (κ3) is 3.77. The predicted octanol–water partition coefficient (Wildman–Crippen LogP) is 3.95. The Balaban J connectivity index is 2.17. The number of ether oxygens (including phenoxy) is 1. The number of Topliss-reactive ketones (excluding diaryl/α,β-unsaturated/α-hetero) is 1. The summed E-state index contributed by atoms with van der Waals surface area (Å²) in [4.78, 5) is 26.0. The molecule has 0 fully saturated rings. The number of carbonyl (C=O) groups is 2. The van der Waals surface area contributed by atoms with Gasteiger partial charge in [0.05, 0.1) is 11.7 Å². The molecule has 2 aliphatic rings. The quantitative estimate of drug-likeness (QED) is 0.789. The molecule has 0 bridgehead atoms. The molecule has 144 valence electrons. The van der Waals surface area contributed by atoms with Crippen LogP contribution in [0, 0.1) is 5.41 Å². The fourth-order valence-corrected chi connectivity index (χ4v) is 4.02. The third-order valence-electron chi connectivity index (χ3n) is 5.01. The average Bonchev–Trinajstić information content (AvgIpc) is 2.51. The molecule has 0 radical (unpaired) electrons. The number of hydrogen-bond donors (Lipinski definition) is 2. The highest BCUT2D eigenvalue weighted by atomic mass is 16.5. The molecule has 1 atom stereocenters. The van der Waals surface area contributed by atoms with E-state index < -0.39 is 11.9 Å². The van der Waals surface area contributed by atoms with Crippen LogP contribution >= 0.6 is 0 Å². The van der Waals surface area contributed by atoms with Crippen molar-refractivity contribution in [1.82, 2.24) is 5.32 Å². The molecule has 3 rings (SSSR count). The normalized spacial score (nSPS) is 21.9. The van der Waals surface area contributed by atoms with Gasteiger partial charge in [-0.1, -0.05) is 26.0 Å². The van der Waals surface area contributed by atoms with E-state index in [4.69, 9.17) is 4.74 Å². The second-order valence-electron chi connectivity index (χ2n) is 8.48. The number of rotatable bonds is 3. The first kappa shape index (κ1) is 19.2. The first-order valence-corrected chi connectivity index (χ1v) is 9.33. The Labute approximate surface area is 160 Å². The van der Waals surface area contributed by atoms with Crippen LogP contribution in [0.5, 0.6) is 5.75 Å². The van der Waals surface area contributed by atoms with Gasteiger partial charge in [-0.25, -0.2) is 4.79 Å². The zero-order valence-corrected chi connectivity index (χ0v) is 16.6. The topological polar surface area (TPSA) is 75.6 Å². The first-order chi connectivity index (χ1) is 12.6. The second kappa shape index (κ2) is 6.87. The van der Waals surface area contributed by atoms with Crippen LogP contribution in [-0.4, -0.2) is 23.0 Å². The number of carbonyl (C=O) groups excluding carboxylic acids is 2. The number of esters is 1. The lowest BCUT2D eigenvalue weighted by atomic mass is 9.68. The summed E-state index contributed by atoms with van der Waals surface area (Å²) in [7, 11) is 0. The van der Waals surface area contributed by atoms with Gasteiger partial charge < -0.3 is 15.2 Å². The number of nitrogens with one attached hydrogen (secondary N) is 1. The number of ketones is 1. The number of phenols is 1. The summed E-state index contributed by atoms with van der Waals surface area (Å²) in [5.74, 6) is -0.842. The van der Waals surface area contributed by atoms with Gasteiger partial charge in [-0.05, 0) is 50.3 Å². The van der Waals surface area contributed by atoms with Crippen molar-refractivity contribution in [2.75, 3.05) is 0 Å². The summed E-state index contributed by atoms with van der Waals surface area (Å²) in [5.41, 5.74) is 3.18. The molecular weight excluding hydrogens is 342 g/mol. The van der Waals surface area contributed by atoms with Crippen LogP contribution in [0.2, 0.25) is 0 Å². The van der Waals surface area contributed by atoms with E-state index in [9.17, 15) is 14.7 Å². The summed E-state index contributed by atoms with van der Waals surface area (Å²) in [6, 6.07) is 6.76. The Morgan fingerprint density at radius 1 is 1.30 bits per heavy atom. The van der Waals surface area contributed by atoms with Gasteiger partial charge in [0, 0.05) is 29.3 Å². The van der Waals surface area contributed by atoms with Gasteiger partial charge in [0.15, 0.2) is 5.78 Å². The van der Waals surface area contributed by atoms with Crippen molar-refractivity contribution in [3.05, 3.63) is 52.4 Å². The highest BCUT2D eigenvalue weighted by molar-refractivity contribution is 6.04. The van der Waals surface area contributed by atoms with Gasteiger partial charge in [-0.2, -0.15) is 0 Å². The molecule has 1 aromatic rings. The molecule has 1 aromatic carbocycles. The molecule has 0 saturated carbocycles. The molecule has 1 aliphatic carbocycles. The van der Waals surface area contributed by atoms with Crippen molar-refractivity contribution in [1.29, 1.82) is 0 Å². The van der Waals surface area contributed by atoms with Crippen LogP contribution in [0.4, 0.5) is 0 Å². The highest BCUT2D eigenvalue weighted by Gasteiger charge is 2.43. The van der Waals surface area contributed by atoms with Gasteiger partial charge >= 0.3 is 5.97 Å². The van der Waals surface area contributed by atoms with Crippen molar-refractivity contribution in [3.8, 4) is 5.75 Å². The van der Waals surface area contributed by atoms with Gasteiger partial charge in [0.2, 0.25) is 0 Å². The minimum Gasteiger partial charge on any atom is -0.508 e. The Morgan fingerprint density at radius 2 is 2.00 bits per heavy atom. The Hall–Kier alpha value is -2.56. The van der Waals surface area contributed by atoms with Crippen LogP contribution < -0.4 is 5.32 Å². The first-order valence-electron chi connectivity index (χ1n) is 9.33. The van der Waals surface area contributed by atoms with E-state index in [1.807, 2.05) is 13.0 Å². The van der Waals surface area contributed by atoms with E-state index >= 15 is 0 Å². The average molecular weight is 369 g/mol. The van der Waals surface area contributed by atoms with Crippen molar-refractivity contribution in [2.45, 2.75) is 59.5 Å². The van der Waals surface area contributed by atoms with Crippen molar-refractivity contribution in [3.63, 3.8) is 0 Å². The van der Waals surface area contributed by atoms with Crippen LogP contribution in [0.25, 0.3) is 0 Å². The molecular formula is C22H27NO4. The van der Waals surface area contributed by atoms with Crippen molar-refractivity contribution in [2.24, 2.45) is 5.41 Å². The number of dihydropyridines is 1. The standard InChI is InChI=1S/C22H27NO4/c1-12(2)27-21(26)18-13(3)23-16-10-22(4,5)11-17(25)20(16)19(18)14-7-6-8-15(24)9-14/h6-9,12,19,23-24H,10-11H2,1-5H3. The van der Waals surface area contributed by atoms with E-state index in [1.54, 1.807) is 32.0 Å². The fraction of sp³-hybridized carbons (Fsp3) is 0.455. The Kier molecular flexibility index (Phi) is 4.89. The minimum atomic E-state index is -0.539. The minimum absolute atomic E-state index is 0.0319. The maximum atomic E-state index is 13.1. The second-order valence-corrected chi connectivity index (χ2v) is 8.48. The number of phenolic OH excluding ortho intramolecular Hbond substituents is 1. The van der Waals surface area contributed by atoms with Gasteiger partial charge in [0.25, 0.3) is 0 Å². The lowest BCUT2D eigenvalue weighted by Crippen LogP contribution is -2.39. The molecule has 0 spiro atoms. The van der Waals surface area contributed by atoms with Gasteiger partial charge in [-0.3, -0.25) is 4.79 Å². The Bertz CT molecular complexity index is 861. The summed E-state index contributed by atoms with van der Waals surface area (Å²) >= 11 is 0. The summed E-state index contributed by atoms with van der Waals surface area (Å²) in [6.07, 6.45) is 0.890. The molecule has 1 aliphatic heterocycles. The smallest absolute Gasteiger partial charge is 0.337 e. The van der Waals surface area contributed by atoms with Crippen molar-refractivity contribution < 1.29 is 19.4 Å². The lowest BCUT2D eigenvalue weighted by molar-refractivity contribution is -0.143. The van der Waals surface area contributed by atoms with Gasteiger partial charge in [0.1, 0.15) is 5.75 Å². The summed E-state index contributed by atoms with van der Waals surface area (Å²) in [6.45, 7) is 9.57. The van der Waals surface area contributed by atoms with E-state index in [0.29, 0.717) is 28.8 Å². The monoisotopic (exact) mass is 369 g/mol.